The van der Waals surface area contributed by atoms with Gasteiger partial charge in [0.1, 0.15) is 5.70 Å². The van der Waals surface area contributed by atoms with Crippen molar-refractivity contribution < 1.29 is 29.0 Å². The third kappa shape index (κ3) is 4.84. The number of carbonyl (C=O) groups excluding carboxylic acids is 2. The Labute approximate surface area is 157 Å². The van der Waals surface area contributed by atoms with E-state index in [1.54, 1.807) is 35.4 Å². The Morgan fingerprint density at radius 2 is 1.74 bits per heavy atom. The number of hydrogen-bond donors (Lipinski definition) is 1. The molecular weight excluding hydrogens is 350 g/mol. The molecule has 0 saturated carbocycles. The first-order chi connectivity index (χ1) is 13.0. The van der Waals surface area contributed by atoms with Crippen LogP contribution in [0.4, 0.5) is 5.69 Å². The number of carbonyl (C=O) groups is 3. The van der Waals surface area contributed by atoms with Gasteiger partial charge >= 0.3 is 17.9 Å². The quantitative estimate of drug-likeness (QED) is 0.736. The Hall–Kier alpha value is -3.35. The van der Waals surface area contributed by atoms with Crippen molar-refractivity contribution in [3.63, 3.8) is 0 Å². The summed E-state index contributed by atoms with van der Waals surface area (Å²) in [6.45, 7) is 0. The molecule has 0 fully saturated rings. The maximum Gasteiger partial charge on any atom is 0.355 e. The monoisotopic (exact) mass is 371 g/mol. The van der Waals surface area contributed by atoms with E-state index < -0.39 is 17.9 Å². The van der Waals surface area contributed by atoms with Crippen LogP contribution in [0.25, 0.3) is 0 Å². The standard InChI is InChI=1S/C20H21NO6/c1-26-19(24)15-10-5-6-13-21(18(15)20(25)27-2)16-11-4-3-8-14(16)9-7-12-17(22)23/h3-6,8,10-11,13H,7,9,12H2,1-2H3,(H,22,23). The Kier molecular flexibility index (Phi) is 6.93. The highest BCUT2D eigenvalue weighted by Crippen LogP contribution is 2.30. The molecule has 0 aliphatic carbocycles. The number of aliphatic carboxylic acids is 1. The Balaban J connectivity index is 2.53. The Morgan fingerprint density at radius 1 is 1.04 bits per heavy atom. The van der Waals surface area contributed by atoms with Gasteiger partial charge in [-0.25, -0.2) is 9.59 Å². The maximum atomic E-state index is 12.5. The van der Waals surface area contributed by atoms with Crippen LogP contribution in [0.2, 0.25) is 0 Å². The second kappa shape index (κ2) is 9.38. The highest BCUT2D eigenvalue weighted by Gasteiger charge is 2.28. The molecule has 0 unspecified atom stereocenters. The molecule has 1 aliphatic heterocycles. The molecule has 7 heteroatoms. The third-order valence-electron chi connectivity index (χ3n) is 3.98. The Morgan fingerprint density at radius 3 is 2.41 bits per heavy atom. The maximum absolute atomic E-state index is 12.5. The van der Waals surface area contributed by atoms with Gasteiger partial charge in [0, 0.05) is 18.3 Å². The fourth-order valence-electron chi connectivity index (χ4n) is 2.74. The summed E-state index contributed by atoms with van der Waals surface area (Å²) < 4.78 is 9.68. The number of nitrogens with zero attached hydrogens (tertiary/aromatic N) is 1. The summed E-state index contributed by atoms with van der Waals surface area (Å²) in [5.41, 5.74) is 1.59. The van der Waals surface area contributed by atoms with E-state index in [1.165, 1.54) is 20.3 Å². The molecule has 0 aromatic heterocycles. The average Bonchev–Trinajstić information content (AvgIpc) is 2.89. The molecule has 142 valence electrons. The van der Waals surface area contributed by atoms with E-state index in [0.29, 0.717) is 18.5 Å². The molecule has 1 aliphatic rings. The van der Waals surface area contributed by atoms with E-state index in [-0.39, 0.29) is 17.7 Å². The van der Waals surface area contributed by atoms with Gasteiger partial charge in [-0.2, -0.15) is 0 Å². The summed E-state index contributed by atoms with van der Waals surface area (Å²) in [6, 6.07) is 7.29. The van der Waals surface area contributed by atoms with Crippen LogP contribution >= 0.6 is 0 Å². The number of benzene rings is 1. The van der Waals surface area contributed by atoms with Gasteiger partial charge in [-0.3, -0.25) is 4.79 Å². The van der Waals surface area contributed by atoms with Crippen LogP contribution < -0.4 is 4.90 Å². The molecule has 0 bridgehead atoms. The van der Waals surface area contributed by atoms with Crippen molar-refractivity contribution in [2.24, 2.45) is 0 Å². The molecule has 0 atom stereocenters. The number of rotatable bonds is 7. The number of hydrogen-bond acceptors (Lipinski definition) is 6. The van der Waals surface area contributed by atoms with Gasteiger partial charge in [-0.15, -0.1) is 0 Å². The summed E-state index contributed by atoms with van der Waals surface area (Å²) in [5.74, 6) is -2.22. The summed E-state index contributed by atoms with van der Waals surface area (Å²) in [5, 5.41) is 8.87. The van der Waals surface area contributed by atoms with E-state index >= 15 is 0 Å². The molecule has 1 aromatic carbocycles. The predicted octanol–water partition coefficient (Wildman–Crippen LogP) is 2.58. The first-order valence-corrected chi connectivity index (χ1v) is 8.34. The van der Waals surface area contributed by atoms with Crippen LogP contribution in [-0.4, -0.2) is 37.2 Å². The minimum Gasteiger partial charge on any atom is -0.481 e. The van der Waals surface area contributed by atoms with Crippen LogP contribution in [-0.2, 0) is 30.3 Å². The summed E-state index contributed by atoms with van der Waals surface area (Å²) in [4.78, 5) is 37.0. The first kappa shape index (κ1) is 20.0. The summed E-state index contributed by atoms with van der Waals surface area (Å²) >= 11 is 0. The van der Waals surface area contributed by atoms with Gasteiger partial charge in [-0.05, 0) is 36.6 Å². The van der Waals surface area contributed by atoms with Crippen molar-refractivity contribution in [3.8, 4) is 0 Å². The number of methoxy groups -OCH3 is 2. The molecule has 1 aromatic rings. The molecule has 1 N–H and O–H groups in total. The van der Waals surface area contributed by atoms with Gasteiger partial charge in [0.25, 0.3) is 0 Å². The minimum atomic E-state index is -0.866. The zero-order valence-electron chi connectivity index (χ0n) is 15.2. The van der Waals surface area contributed by atoms with E-state index in [4.69, 9.17) is 14.6 Å². The fourth-order valence-corrected chi connectivity index (χ4v) is 2.74. The van der Waals surface area contributed by atoms with Crippen molar-refractivity contribution in [3.05, 3.63) is 65.5 Å². The molecular formula is C20H21NO6. The van der Waals surface area contributed by atoms with Gasteiger partial charge in [0.15, 0.2) is 0 Å². The number of esters is 2. The molecule has 2 rings (SSSR count). The lowest BCUT2D eigenvalue weighted by molar-refractivity contribution is -0.139. The van der Waals surface area contributed by atoms with Crippen LogP contribution in [0.5, 0.6) is 0 Å². The van der Waals surface area contributed by atoms with Crippen LogP contribution in [0, 0.1) is 0 Å². The highest BCUT2D eigenvalue weighted by atomic mass is 16.5. The lowest BCUT2D eigenvalue weighted by atomic mass is 10.0. The smallest absolute Gasteiger partial charge is 0.355 e. The molecule has 0 amide bonds. The number of carboxylic acids is 1. The average molecular weight is 371 g/mol. The fraction of sp³-hybridized carbons (Fsp3) is 0.250. The van der Waals surface area contributed by atoms with Gasteiger partial charge in [0.2, 0.25) is 0 Å². The molecule has 1 heterocycles. The van der Waals surface area contributed by atoms with Crippen LogP contribution in [0.1, 0.15) is 18.4 Å². The lowest BCUT2D eigenvalue weighted by Crippen LogP contribution is -2.27. The third-order valence-corrected chi connectivity index (χ3v) is 3.98. The van der Waals surface area contributed by atoms with Gasteiger partial charge < -0.3 is 19.5 Å². The van der Waals surface area contributed by atoms with E-state index in [1.807, 2.05) is 12.1 Å². The van der Waals surface area contributed by atoms with Crippen molar-refractivity contribution in [2.75, 3.05) is 19.1 Å². The second-order valence-electron chi connectivity index (χ2n) is 5.69. The minimum absolute atomic E-state index is 0.0278. The normalized spacial score (nSPS) is 13.3. The molecule has 0 radical (unpaired) electrons. The predicted molar refractivity (Wildman–Crippen MR) is 98.8 cm³/mol. The summed E-state index contributed by atoms with van der Waals surface area (Å²) in [7, 11) is 2.47. The molecule has 27 heavy (non-hydrogen) atoms. The number of aryl methyl sites for hydroxylation is 1. The van der Waals surface area contributed by atoms with Gasteiger partial charge in [0.05, 0.1) is 19.8 Å². The van der Waals surface area contributed by atoms with E-state index in [9.17, 15) is 14.4 Å². The van der Waals surface area contributed by atoms with Crippen molar-refractivity contribution in [1.82, 2.24) is 0 Å². The van der Waals surface area contributed by atoms with Crippen LogP contribution in [0.3, 0.4) is 0 Å². The number of carboxylic acid groups (broad SMARTS) is 1. The molecule has 0 saturated heterocycles. The topological polar surface area (TPSA) is 93.1 Å². The van der Waals surface area contributed by atoms with E-state index in [0.717, 1.165) is 5.56 Å². The lowest BCUT2D eigenvalue weighted by Gasteiger charge is -2.25. The highest BCUT2D eigenvalue weighted by molar-refractivity contribution is 6.05. The van der Waals surface area contributed by atoms with Crippen molar-refractivity contribution >= 4 is 23.6 Å². The summed E-state index contributed by atoms with van der Waals surface area (Å²) in [6.07, 6.45) is 7.44. The number of para-hydroxylation sites is 1. The number of ether oxygens (including phenoxy) is 2. The van der Waals surface area contributed by atoms with Crippen molar-refractivity contribution in [2.45, 2.75) is 19.3 Å². The zero-order valence-corrected chi connectivity index (χ0v) is 15.2. The molecule has 7 nitrogen and oxygen atoms in total. The van der Waals surface area contributed by atoms with Gasteiger partial charge in [-0.1, -0.05) is 24.3 Å². The zero-order chi connectivity index (χ0) is 19.8. The first-order valence-electron chi connectivity index (χ1n) is 8.34. The number of anilines is 1. The second-order valence-corrected chi connectivity index (χ2v) is 5.69. The van der Waals surface area contributed by atoms with Crippen molar-refractivity contribution in [1.29, 1.82) is 0 Å². The Bertz CT molecular complexity index is 822. The van der Waals surface area contributed by atoms with E-state index in [2.05, 4.69) is 0 Å². The SMILES string of the molecule is COC(=O)C1=C(C(=O)OC)N(c2ccccc2CCCC(=O)O)C=CC=C1. The molecule has 0 spiro atoms. The number of allylic oxidation sites excluding steroid dienone is 2. The largest absolute Gasteiger partial charge is 0.481 e. The van der Waals surface area contributed by atoms with Crippen LogP contribution in [0.15, 0.2) is 60.0 Å².